The molecule has 0 bridgehead atoms. The molecule has 0 aliphatic carbocycles. The van der Waals surface area contributed by atoms with Crippen LogP contribution in [0, 0.1) is 0 Å². The average molecular weight is 596 g/mol. The van der Waals surface area contributed by atoms with Crippen molar-refractivity contribution in [2.24, 2.45) is 0 Å². The lowest BCUT2D eigenvalue weighted by molar-refractivity contribution is 0.00271. The first-order valence-electron chi connectivity index (χ1n) is 11.9. The molecule has 1 N–H and O–H groups in total. The van der Waals surface area contributed by atoms with Crippen molar-refractivity contribution in [3.63, 3.8) is 0 Å². The summed E-state index contributed by atoms with van der Waals surface area (Å²) in [5, 5.41) is 13.2. The van der Waals surface area contributed by atoms with Crippen molar-refractivity contribution in [2.45, 2.75) is 76.8 Å². The Labute approximate surface area is 219 Å². The maximum absolute atomic E-state index is 13.2. The van der Waals surface area contributed by atoms with E-state index in [0.717, 1.165) is 4.43 Å². The Kier molecular flexibility index (Phi) is 8.53. The number of ether oxygens (including phenoxy) is 1. The van der Waals surface area contributed by atoms with Crippen molar-refractivity contribution >= 4 is 47.4 Å². The van der Waals surface area contributed by atoms with Crippen LogP contribution in [0.5, 0.6) is 0 Å². The van der Waals surface area contributed by atoms with Crippen molar-refractivity contribution < 1.29 is 19.1 Å². The summed E-state index contributed by atoms with van der Waals surface area (Å²) in [6.45, 7) is 12.5. The molecule has 3 unspecified atom stereocenters. The smallest absolute Gasteiger partial charge is 0.410 e. The molecule has 1 heterocycles. The number of hydrogen-bond donors (Lipinski definition) is 1. The van der Waals surface area contributed by atoms with E-state index in [0.29, 0.717) is 6.42 Å². The number of nitrogens with zero attached hydrogens (tertiary/aromatic N) is 1. The van der Waals surface area contributed by atoms with Crippen LogP contribution < -0.4 is 10.4 Å². The standard InChI is InChI=1S/C27H38INO4Si/c1-26(2,3)33-25(31)29-20(18-28)17-24(30)23(29)19-32-34(27(4,5)6,21-13-9-7-10-14-21)22-15-11-8-12-16-22/h7-16,20,23-24,30H,17-19H2,1-6H3. The van der Waals surface area contributed by atoms with E-state index in [-0.39, 0.29) is 23.8 Å². The third-order valence-corrected chi connectivity index (χ3v) is 12.4. The molecule has 0 radical (unpaired) electrons. The van der Waals surface area contributed by atoms with E-state index in [1.54, 1.807) is 4.90 Å². The van der Waals surface area contributed by atoms with Crippen LogP contribution in [0.4, 0.5) is 4.79 Å². The Morgan fingerprint density at radius 3 is 1.91 bits per heavy atom. The number of likely N-dealkylation sites (tertiary alicyclic amines) is 1. The van der Waals surface area contributed by atoms with Crippen molar-refractivity contribution in [2.75, 3.05) is 11.0 Å². The van der Waals surface area contributed by atoms with Gasteiger partial charge in [0.15, 0.2) is 0 Å². The first-order valence-corrected chi connectivity index (χ1v) is 15.3. The first-order chi connectivity index (χ1) is 15.9. The van der Waals surface area contributed by atoms with Crippen LogP contribution in [0.25, 0.3) is 0 Å². The van der Waals surface area contributed by atoms with Crippen molar-refractivity contribution in [3.8, 4) is 0 Å². The number of alkyl halides is 1. The van der Waals surface area contributed by atoms with E-state index in [1.165, 1.54) is 10.4 Å². The normalized spacial score (nSPS) is 21.5. The minimum Gasteiger partial charge on any atom is -0.444 e. The predicted octanol–water partition coefficient (Wildman–Crippen LogP) is 4.74. The van der Waals surface area contributed by atoms with Gasteiger partial charge < -0.3 is 14.3 Å². The summed E-state index contributed by atoms with van der Waals surface area (Å²) in [4.78, 5) is 14.9. The molecule has 5 nitrogen and oxygen atoms in total. The molecular weight excluding hydrogens is 557 g/mol. The molecule has 34 heavy (non-hydrogen) atoms. The average Bonchev–Trinajstić information content (AvgIpc) is 3.09. The van der Waals surface area contributed by atoms with Crippen molar-refractivity contribution in [1.82, 2.24) is 4.90 Å². The third-order valence-electron chi connectivity index (χ3n) is 6.38. The topological polar surface area (TPSA) is 59.0 Å². The van der Waals surface area contributed by atoms with Crippen LogP contribution in [0.1, 0.15) is 48.0 Å². The summed E-state index contributed by atoms with van der Waals surface area (Å²) in [6.07, 6.45) is -0.524. The molecule has 3 atom stereocenters. The molecule has 186 valence electrons. The molecule has 0 spiro atoms. The second-order valence-corrected chi connectivity index (χ2v) is 16.2. The Bertz CT molecular complexity index is 903. The van der Waals surface area contributed by atoms with Gasteiger partial charge in [-0.2, -0.15) is 0 Å². The molecular formula is C27H38INO4Si. The Morgan fingerprint density at radius 1 is 1.00 bits per heavy atom. The van der Waals surface area contributed by atoms with Gasteiger partial charge >= 0.3 is 6.09 Å². The Hall–Kier alpha value is -1.42. The number of carbonyl (C=O) groups excluding carboxylic acids is 1. The molecule has 2 aromatic rings. The lowest BCUT2D eigenvalue weighted by Crippen LogP contribution is -2.67. The van der Waals surface area contributed by atoms with Crippen LogP contribution >= 0.6 is 22.6 Å². The summed E-state index contributed by atoms with van der Waals surface area (Å²) in [6, 6.07) is 20.3. The van der Waals surface area contributed by atoms with Crippen LogP contribution in [0.3, 0.4) is 0 Å². The molecule has 3 rings (SSSR count). The van der Waals surface area contributed by atoms with Gasteiger partial charge in [-0.1, -0.05) is 104 Å². The van der Waals surface area contributed by atoms with Gasteiger partial charge in [0.05, 0.1) is 18.8 Å². The van der Waals surface area contributed by atoms with E-state index < -0.39 is 26.1 Å². The van der Waals surface area contributed by atoms with Gasteiger partial charge in [-0.25, -0.2) is 4.79 Å². The van der Waals surface area contributed by atoms with Crippen LogP contribution in [0.2, 0.25) is 5.04 Å². The maximum Gasteiger partial charge on any atom is 0.410 e. The van der Waals surface area contributed by atoms with E-state index in [9.17, 15) is 9.90 Å². The maximum atomic E-state index is 13.2. The zero-order chi connectivity index (χ0) is 25.1. The van der Waals surface area contributed by atoms with Gasteiger partial charge in [-0.3, -0.25) is 4.90 Å². The van der Waals surface area contributed by atoms with Gasteiger partial charge in [0.25, 0.3) is 8.32 Å². The number of rotatable bonds is 6. The summed E-state index contributed by atoms with van der Waals surface area (Å²) >= 11 is 2.28. The molecule has 1 fully saturated rings. The van der Waals surface area contributed by atoms with Crippen LogP contribution in [0.15, 0.2) is 60.7 Å². The first kappa shape index (κ1) is 27.2. The fourth-order valence-corrected chi connectivity index (χ4v) is 10.3. The highest BCUT2D eigenvalue weighted by Gasteiger charge is 2.52. The van der Waals surface area contributed by atoms with Gasteiger partial charge in [0.1, 0.15) is 5.60 Å². The van der Waals surface area contributed by atoms with Crippen LogP contribution in [-0.2, 0) is 9.16 Å². The summed E-state index contributed by atoms with van der Waals surface area (Å²) in [5.74, 6) is 0. The highest BCUT2D eigenvalue weighted by atomic mass is 127. The Morgan fingerprint density at radius 2 is 1.50 bits per heavy atom. The largest absolute Gasteiger partial charge is 0.444 e. The lowest BCUT2D eigenvalue weighted by atomic mass is 10.1. The molecule has 1 aliphatic heterocycles. The molecule has 1 amide bonds. The molecule has 1 saturated heterocycles. The van der Waals surface area contributed by atoms with Crippen LogP contribution in [-0.4, -0.2) is 59.2 Å². The number of hydrogen-bond acceptors (Lipinski definition) is 4. The van der Waals surface area contributed by atoms with E-state index in [1.807, 2.05) is 32.9 Å². The lowest BCUT2D eigenvalue weighted by Gasteiger charge is -2.44. The van der Waals surface area contributed by atoms with Crippen molar-refractivity contribution in [3.05, 3.63) is 60.7 Å². The van der Waals surface area contributed by atoms with E-state index in [4.69, 9.17) is 9.16 Å². The summed E-state index contributed by atoms with van der Waals surface area (Å²) < 4.78 is 13.5. The number of aliphatic hydroxyl groups excluding tert-OH is 1. The minimum absolute atomic E-state index is 0.0850. The molecule has 2 aromatic carbocycles. The number of aliphatic hydroxyl groups is 1. The van der Waals surface area contributed by atoms with Gasteiger partial charge in [-0.15, -0.1) is 0 Å². The molecule has 0 saturated carbocycles. The second-order valence-electron chi connectivity index (χ2n) is 11.0. The Balaban J connectivity index is 2.02. The van der Waals surface area contributed by atoms with Crippen molar-refractivity contribution in [1.29, 1.82) is 0 Å². The zero-order valence-electron chi connectivity index (χ0n) is 21.1. The van der Waals surface area contributed by atoms with Gasteiger partial charge in [0, 0.05) is 10.5 Å². The zero-order valence-corrected chi connectivity index (χ0v) is 24.3. The number of carbonyl (C=O) groups is 1. The predicted molar refractivity (Wildman–Crippen MR) is 149 cm³/mol. The van der Waals surface area contributed by atoms with Gasteiger partial charge in [-0.05, 0) is 42.6 Å². The summed E-state index contributed by atoms with van der Waals surface area (Å²) in [5.41, 5.74) is -0.607. The third kappa shape index (κ3) is 5.69. The molecule has 1 aliphatic rings. The quantitative estimate of drug-likeness (QED) is 0.298. The molecule has 7 heteroatoms. The fourth-order valence-electron chi connectivity index (χ4n) is 4.91. The van der Waals surface area contributed by atoms with E-state index >= 15 is 0 Å². The molecule has 0 aromatic heterocycles. The minimum atomic E-state index is -2.78. The number of amides is 1. The fraction of sp³-hybridized carbons (Fsp3) is 0.519. The number of halogens is 1. The second kappa shape index (κ2) is 10.7. The summed E-state index contributed by atoms with van der Waals surface area (Å²) in [7, 11) is -2.78. The van der Waals surface area contributed by atoms with E-state index in [2.05, 4.69) is 91.9 Å². The highest BCUT2D eigenvalue weighted by molar-refractivity contribution is 14.1. The number of benzene rings is 2. The SMILES string of the molecule is CC(C)(C)OC(=O)N1C(CI)CC(O)C1CO[Si](c1ccccc1)(c1ccccc1)C(C)(C)C. The monoisotopic (exact) mass is 595 g/mol. The highest BCUT2D eigenvalue weighted by Crippen LogP contribution is 2.38. The van der Waals surface area contributed by atoms with Gasteiger partial charge in [0.2, 0.25) is 0 Å².